The molecule has 5 heteroatoms. The van der Waals surface area contributed by atoms with Gasteiger partial charge in [-0.25, -0.2) is 0 Å². The standard InChI is InChI=1S/C22H21NO2S2/c1-2-17-13-18(23-19(24)14-20(23)27-17)22(26)25-21(15-9-5-3-6-10-15)16-11-7-4-8-12-16/h3-13,17,20-21H,2,14H2,1H3/t17?,20-/m1/s1. The third-order valence-electron chi connectivity index (χ3n) is 4.88. The first-order chi connectivity index (χ1) is 13.2. The van der Waals surface area contributed by atoms with E-state index < -0.39 is 0 Å². The summed E-state index contributed by atoms with van der Waals surface area (Å²) in [6.07, 6.45) is 3.39. The van der Waals surface area contributed by atoms with Crippen molar-refractivity contribution >= 4 is 34.9 Å². The molecule has 3 nitrogen and oxygen atoms in total. The van der Waals surface area contributed by atoms with Crippen molar-refractivity contribution in [2.24, 2.45) is 0 Å². The largest absolute Gasteiger partial charge is 0.469 e. The summed E-state index contributed by atoms with van der Waals surface area (Å²) in [7, 11) is 0. The number of rotatable bonds is 5. The Morgan fingerprint density at radius 2 is 1.74 bits per heavy atom. The Bertz CT molecular complexity index is 827. The highest BCUT2D eigenvalue weighted by molar-refractivity contribution is 8.00. The number of ether oxygens (including phenoxy) is 1. The Kier molecular flexibility index (Phi) is 5.32. The molecule has 2 atom stereocenters. The molecule has 0 spiro atoms. The fraction of sp³-hybridized carbons (Fsp3) is 0.273. The van der Waals surface area contributed by atoms with E-state index in [2.05, 4.69) is 13.0 Å². The van der Waals surface area contributed by atoms with Crippen LogP contribution in [0.4, 0.5) is 0 Å². The maximum Gasteiger partial charge on any atom is 0.231 e. The number of fused-ring (bicyclic) bond motifs is 1. The van der Waals surface area contributed by atoms with Crippen LogP contribution in [0.15, 0.2) is 72.4 Å². The zero-order chi connectivity index (χ0) is 18.8. The van der Waals surface area contributed by atoms with E-state index in [0.717, 1.165) is 23.2 Å². The van der Waals surface area contributed by atoms with Gasteiger partial charge in [0.25, 0.3) is 0 Å². The van der Waals surface area contributed by atoms with Gasteiger partial charge in [0.15, 0.2) is 0 Å². The predicted octanol–water partition coefficient (Wildman–Crippen LogP) is 5.09. The zero-order valence-electron chi connectivity index (χ0n) is 15.1. The summed E-state index contributed by atoms with van der Waals surface area (Å²) < 4.78 is 6.32. The normalized spacial score (nSPS) is 21.3. The van der Waals surface area contributed by atoms with Crippen LogP contribution in [-0.2, 0) is 9.53 Å². The van der Waals surface area contributed by atoms with Gasteiger partial charge in [-0.2, -0.15) is 0 Å². The summed E-state index contributed by atoms with van der Waals surface area (Å²) in [5.74, 6) is 0.121. The number of thiocarbonyl (C=S) groups is 1. The third-order valence-corrected chi connectivity index (χ3v) is 6.70. The smallest absolute Gasteiger partial charge is 0.231 e. The summed E-state index contributed by atoms with van der Waals surface area (Å²) in [6, 6.07) is 20.1. The number of amides is 1. The van der Waals surface area contributed by atoms with Crippen LogP contribution >= 0.6 is 24.0 Å². The molecule has 138 valence electrons. The number of thioether (sulfide) groups is 1. The first-order valence-electron chi connectivity index (χ1n) is 9.17. The highest BCUT2D eigenvalue weighted by Gasteiger charge is 2.44. The third kappa shape index (κ3) is 3.66. The Labute approximate surface area is 169 Å². The Hall–Kier alpha value is -2.11. The van der Waals surface area contributed by atoms with Gasteiger partial charge in [-0.05, 0) is 35.8 Å². The summed E-state index contributed by atoms with van der Waals surface area (Å²) in [5, 5.41) is 0.947. The van der Waals surface area contributed by atoms with Gasteiger partial charge in [0.05, 0.1) is 17.5 Å². The lowest BCUT2D eigenvalue weighted by Gasteiger charge is -2.45. The second-order valence-electron chi connectivity index (χ2n) is 6.66. The fourth-order valence-electron chi connectivity index (χ4n) is 3.42. The molecule has 1 fully saturated rings. The first-order valence-corrected chi connectivity index (χ1v) is 10.5. The second kappa shape index (κ2) is 7.87. The summed E-state index contributed by atoms with van der Waals surface area (Å²) in [6.45, 7) is 2.16. The van der Waals surface area contributed by atoms with Gasteiger partial charge >= 0.3 is 0 Å². The van der Waals surface area contributed by atoms with Gasteiger partial charge in [-0.15, -0.1) is 11.8 Å². The van der Waals surface area contributed by atoms with E-state index in [1.165, 1.54) is 0 Å². The van der Waals surface area contributed by atoms with Crippen molar-refractivity contribution in [3.05, 3.63) is 83.6 Å². The molecule has 0 bridgehead atoms. The summed E-state index contributed by atoms with van der Waals surface area (Å²) in [4.78, 5) is 14.0. The number of β-lactam (4-membered cyclic amide) rings is 1. The molecule has 2 aliphatic heterocycles. The Morgan fingerprint density at radius 1 is 1.15 bits per heavy atom. The lowest BCUT2D eigenvalue weighted by atomic mass is 10.0. The van der Waals surface area contributed by atoms with Crippen molar-refractivity contribution < 1.29 is 9.53 Å². The van der Waals surface area contributed by atoms with E-state index in [1.807, 2.05) is 72.4 Å². The fourth-order valence-corrected chi connectivity index (χ4v) is 5.07. The van der Waals surface area contributed by atoms with E-state index in [0.29, 0.717) is 16.7 Å². The molecule has 0 N–H and O–H groups in total. The van der Waals surface area contributed by atoms with E-state index in [1.54, 1.807) is 4.90 Å². The van der Waals surface area contributed by atoms with E-state index in [-0.39, 0.29) is 17.4 Å². The minimum Gasteiger partial charge on any atom is -0.469 e. The van der Waals surface area contributed by atoms with Crippen LogP contribution in [0.2, 0.25) is 0 Å². The summed E-state index contributed by atoms with van der Waals surface area (Å²) in [5.41, 5.74) is 2.83. The highest BCUT2D eigenvalue weighted by atomic mass is 32.2. The monoisotopic (exact) mass is 395 g/mol. The van der Waals surface area contributed by atoms with E-state index in [4.69, 9.17) is 17.0 Å². The number of hydrogen-bond acceptors (Lipinski definition) is 4. The maximum absolute atomic E-state index is 12.2. The molecule has 1 amide bonds. The molecule has 2 heterocycles. The van der Waals surface area contributed by atoms with Gasteiger partial charge in [0.2, 0.25) is 11.0 Å². The number of benzene rings is 2. The SMILES string of the molecule is CCC1C=C(C(=S)OC(c2ccccc2)c2ccccc2)N2C(=O)C[C@H]2S1. The summed E-state index contributed by atoms with van der Waals surface area (Å²) >= 11 is 7.51. The Balaban J connectivity index is 1.64. The molecular weight excluding hydrogens is 374 g/mol. The topological polar surface area (TPSA) is 29.5 Å². The van der Waals surface area contributed by atoms with Crippen LogP contribution in [-0.4, -0.2) is 26.5 Å². The van der Waals surface area contributed by atoms with Crippen molar-refractivity contribution in [1.29, 1.82) is 0 Å². The molecule has 2 aromatic rings. The molecule has 27 heavy (non-hydrogen) atoms. The van der Waals surface area contributed by atoms with Gasteiger partial charge in [-0.3, -0.25) is 9.69 Å². The minimum atomic E-state index is -0.301. The van der Waals surface area contributed by atoms with Crippen LogP contribution in [0, 0.1) is 0 Å². The molecule has 1 saturated heterocycles. The first kappa shape index (κ1) is 18.3. The van der Waals surface area contributed by atoms with Gasteiger partial charge in [-0.1, -0.05) is 67.6 Å². The number of carbonyl (C=O) groups is 1. The Morgan fingerprint density at radius 3 is 2.26 bits per heavy atom. The molecule has 4 rings (SSSR count). The molecule has 0 radical (unpaired) electrons. The van der Waals surface area contributed by atoms with Crippen LogP contribution in [0.5, 0.6) is 0 Å². The van der Waals surface area contributed by atoms with Crippen molar-refractivity contribution in [3.63, 3.8) is 0 Å². The van der Waals surface area contributed by atoms with E-state index in [9.17, 15) is 4.79 Å². The van der Waals surface area contributed by atoms with E-state index >= 15 is 0 Å². The lowest BCUT2D eigenvalue weighted by molar-refractivity contribution is -0.138. The molecule has 0 aromatic heterocycles. The van der Waals surface area contributed by atoms with Crippen molar-refractivity contribution in [2.75, 3.05) is 0 Å². The molecule has 0 aliphatic carbocycles. The molecule has 2 aliphatic rings. The average Bonchev–Trinajstić information content (AvgIpc) is 2.71. The van der Waals surface area contributed by atoms with Crippen LogP contribution < -0.4 is 0 Å². The van der Waals surface area contributed by atoms with Crippen molar-refractivity contribution in [3.8, 4) is 0 Å². The number of carbonyl (C=O) groups excluding carboxylic acids is 1. The highest BCUT2D eigenvalue weighted by Crippen LogP contribution is 2.42. The van der Waals surface area contributed by atoms with Crippen LogP contribution in [0.1, 0.15) is 37.0 Å². The van der Waals surface area contributed by atoms with Crippen LogP contribution in [0.3, 0.4) is 0 Å². The number of nitrogens with zero attached hydrogens (tertiary/aromatic N) is 1. The quantitative estimate of drug-likeness (QED) is 0.521. The molecule has 1 unspecified atom stereocenters. The van der Waals surface area contributed by atoms with Gasteiger partial charge in [0.1, 0.15) is 6.10 Å². The average molecular weight is 396 g/mol. The molecule has 2 aromatic carbocycles. The molecular formula is C22H21NO2S2. The number of hydrogen-bond donors (Lipinski definition) is 0. The maximum atomic E-state index is 12.2. The van der Waals surface area contributed by atoms with Gasteiger partial charge in [0, 0.05) is 5.25 Å². The second-order valence-corrected chi connectivity index (χ2v) is 8.46. The minimum absolute atomic E-state index is 0.121. The molecule has 0 saturated carbocycles. The lowest BCUT2D eigenvalue weighted by Crippen LogP contribution is -2.54. The van der Waals surface area contributed by atoms with Gasteiger partial charge < -0.3 is 4.74 Å². The predicted molar refractivity (Wildman–Crippen MR) is 113 cm³/mol. The van der Waals surface area contributed by atoms with Crippen LogP contribution in [0.25, 0.3) is 0 Å². The van der Waals surface area contributed by atoms with Crippen molar-refractivity contribution in [1.82, 2.24) is 4.90 Å². The van der Waals surface area contributed by atoms with Crippen molar-refractivity contribution in [2.45, 2.75) is 36.5 Å². The zero-order valence-corrected chi connectivity index (χ0v) is 16.7.